The van der Waals surface area contributed by atoms with E-state index in [0.29, 0.717) is 10.8 Å². The minimum Gasteiger partial charge on any atom is -0.383 e. The molecule has 0 spiro atoms. The van der Waals surface area contributed by atoms with E-state index >= 15 is 0 Å². The van der Waals surface area contributed by atoms with Gasteiger partial charge in [0.1, 0.15) is 5.82 Å². The normalized spacial score (nSPS) is 11.8. The zero-order valence-corrected chi connectivity index (χ0v) is 11.6. The minimum atomic E-state index is 0.514. The van der Waals surface area contributed by atoms with Crippen molar-refractivity contribution in [2.75, 3.05) is 32.5 Å². The second kappa shape index (κ2) is 8.08. The van der Waals surface area contributed by atoms with Crippen molar-refractivity contribution in [3.8, 4) is 0 Å². The summed E-state index contributed by atoms with van der Waals surface area (Å²) in [4.78, 5) is 4.04. The lowest BCUT2D eigenvalue weighted by molar-refractivity contribution is 0.199. The predicted octanol–water partition coefficient (Wildman–Crippen LogP) is 2.35. The van der Waals surface area contributed by atoms with Crippen LogP contribution in [0.15, 0.2) is 18.3 Å². The van der Waals surface area contributed by atoms with E-state index in [-0.39, 0.29) is 0 Å². The molecule has 0 amide bonds. The number of nitrogens with two attached hydrogens (primary N) is 1. The Hall–Kier alpha value is -1.10. The third-order valence-corrected chi connectivity index (χ3v) is 2.77. The number of methoxy groups -OCH3 is 1. The van der Waals surface area contributed by atoms with E-state index < -0.39 is 0 Å². The number of halogens is 1. The number of nitrogens with one attached hydrogen (secondary N) is 1. The fourth-order valence-corrected chi connectivity index (χ4v) is 1.72. The fourth-order valence-electron chi connectivity index (χ4n) is 1.57. The second-order valence-electron chi connectivity index (χ2n) is 4.00. The maximum atomic E-state index is 5.91. The van der Waals surface area contributed by atoms with E-state index in [9.17, 15) is 0 Å². The van der Waals surface area contributed by atoms with Gasteiger partial charge in [0.2, 0.25) is 0 Å². The second-order valence-corrected chi connectivity index (χ2v) is 4.44. The van der Waals surface area contributed by atoms with Crippen LogP contribution in [-0.2, 0) is 4.74 Å². The van der Waals surface area contributed by atoms with Gasteiger partial charge in [-0.3, -0.25) is 0 Å². The number of ether oxygens (including phenoxy) is 1. The molecule has 0 fully saturated rings. The highest BCUT2D eigenvalue weighted by atomic mass is 35.5. The molecule has 1 aromatic rings. The van der Waals surface area contributed by atoms with Crippen LogP contribution in [-0.4, -0.2) is 31.8 Å². The molecule has 0 saturated heterocycles. The molecule has 100 valence electrons. The fraction of sp³-hybridized carbons (Fsp3) is 0.462. The van der Waals surface area contributed by atoms with Gasteiger partial charge in [0.15, 0.2) is 0 Å². The molecule has 0 unspecified atom stereocenters. The molecule has 5 heteroatoms. The van der Waals surface area contributed by atoms with Gasteiger partial charge in [-0.15, -0.1) is 0 Å². The van der Waals surface area contributed by atoms with E-state index in [4.69, 9.17) is 22.1 Å². The van der Waals surface area contributed by atoms with Gasteiger partial charge in [0.05, 0.1) is 11.6 Å². The minimum absolute atomic E-state index is 0.514. The molecular weight excluding hydrogens is 250 g/mol. The molecule has 1 aromatic heterocycles. The van der Waals surface area contributed by atoms with Crippen molar-refractivity contribution in [3.05, 3.63) is 28.9 Å². The molecule has 0 aliphatic carbocycles. The largest absolute Gasteiger partial charge is 0.383 e. The van der Waals surface area contributed by atoms with E-state index in [1.54, 1.807) is 13.3 Å². The number of aromatic nitrogens is 1. The summed E-state index contributed by atoms with van der Waals surface area (Å²) >= 11 is 5.91. The van der Waals surface area contributed by atoms with E-state index in [1.807, 2.05) is 13.0 Å². The first-order valence-corrected chi connectivity index (χ1v) is 6.30. The summed E-state index contributed by atoms with van der Waals surface area (Å²) in [5.74, 6) is 0.514. The van der Waals surface area contributed by atoms with Gasteiger partial charge in [-0.1, -0.05) is 17.7 Å². The molecule has 0 aromatic carbocycles. The molecule has 0 aliphatic heterocycles. The molecule has 0 saturated carbocycles. The monoisotopic (exact) mass is 269 g/mol. The molecule has 0 atom stereocenters. The highest BCUT2D eigenvalue weighted by Gasteiger charge is 2.03. The zero-order chi connectivity index (χ0) is 13.4. The average Bonchev–Trinajstić information content (AvgIpc) is 2.36. The summed E-state index contributed by atoms with van der Waals surface area (Å²) in [6.07, 6.45) is 4.62. The van der Waals surface area contributed by atoms with Gasteiger partial charge in [0, 0.05) is 25.4 Å². The molecule has 1 heterocycles. The zero-order valence-electron chi connectivity index (χ0n) is 10.9. The Bertz CT molecular complexity index is 407. The molecule has 0 bridgehead atoms. The lowest BCUT2D eigenvalue weighted by Gasteiger charge is -2.06. The number of anilines is 1. The van der Waals surface area contributed by atoms with Crippen molar-refractivity contribution in [2.45, 2.75) is 13.3 Å². The molecule has 3 N–H and O–H groups in total. The number of hydrogen-bond donors (Lipinski definition) is 2. The Balaban J connectivity index is 2.47. The Morgan fingerprint density at radius 2 is 2.33 bits per heavy atom. The quantitative estimate of drug-likeness (QED) is 0.746. The average molecular weight is 270 g/mol. The molecular formula is C13H20ClN3O. The standard InChI is InChI=1S/C13H20ClN3O/c1-10(4-3-5-16-6-7-18-2)12-8-11(14)9-17-13(12)15/h4,8-9,16H,3,5-7H2,1-2H3,(H2,15,17). The van der Waals surface area contributed by atoms with Crippen molar-refractivity contribution in [2.24, 2.45) is 0 Å². The van der Waals surface area contributed by atoms with Gasteiger partial charge in [-0.25, -0.2) is 4.98 Å². The number of rotatable bonds is 7. The molecule has 0 radical (unpaired) electrons. The van der Waals surface area contributed by atoms with Crippen LogP contribution < -0.4 is 11.1 Å². The number of pyridine rings is 1. The van der Waals surface area contributed by atoms with Crippen LogP contribution in [0, 0.1) is 0 Å². The number of allylic oxidation sites excluding steroid dienone is 1. The summed E-state index contributed by atoms with van der Waals surface area (Å²) in [6.45, 7) is 4.52. The summed E-state index contributed by atoms with van der Waals surface area (Å²) in [6, 6.07) is 1.84. The van der Waals surface area contributed by atoms with Gasteiger partial charge in [-0.05, 0) is 31.5 Å². The molecule has 1 rings (SSSR count). The highest BCUT2D eigenvalue weighted by Crippen LogP contribution is 2.22. The van der Waals surface area contributed by atoms with Gasteiger partial charge in [-0.2, -0.15) is 0 Å². The maximum Gasteiger partial charge on any atom is 0.130 e. The SMILES string of the molecule is COCCNCCC=C(C)c1cc(Cl)cnc1N. The summed E-state index contributed by atoms with van der Waals surface area (Å²) < 4.78 is 4.95. The van der Waals surface area contributed by atoms with Crippen molar-refractivity contribution in [1.82, 2.24) is 10.3 Å². The van der Waals surface area contributed by atoms with Crippen LogP contribution in [0.3, 0.4) is 0 Å². The van der Waals surface area contributed by atoms with Crippen molar-refractivity contribution >= 4 is 23.0 Å². The number of hydrogen-bond acceptors (Lipinski definition) is 4. The molecule has 0 aliphatic rings. The van der Waals surface area contributed by atoms with Crippen LogP contribution in [0.2, 0.25) is 5.02 Å². The van der Waals surface area contributed by atoms with Crippen molar-refractivity contribution in [3.63, 3.8) is 0 Å². The molecule has 4 nitrogen and oxygen atoms in total. The van der Waals surface area contributed by atoms with Crippen LogP contribution in [0.4, 0.5) is 5.82 Å². The van der Waals surface area contributed by atoms with Gasteiger partial charge in [0.25, 0.3) is 0 Å². The highest BCUT2D eigenvalue weighted by molar-refractivity contribution is 6.30. The van der Waals surface area contributed by atoms with E-state index in [2.05, 4.69) is 16.4 Å². The Morgan fingerprint density at radius 3 is 3.06 bits per heavy atom. The Morgan fingerprint density at radius 1 is 1.56 bits per heavy atom. The Labute approximate surface area is 113 Å². The first-order chi connectivity index (χ1) is 8.65. The predicted molar refractivity (Wildman–Crippen MR) is 76.7 cm³/mol. The van der Waals surface area contributed by atoms with Crippen molar-refractivity contribution < 1.29 is 4.74 Å². The van der Waals surface area contributed by atoms with Crippen LogP contribution in [0.25, 0.3) is 5.57 Å². The summed E-state index contributed by atoms with van der Waals surface area (Å²) in [5.41, 5.74) is 7.81. The number of nitrogens with zero attached hydrogens (tertiary/aromatic N) is 1. The van der Waals surface area contributed by atoms with Gasteiger partial charge < -0.3 is 15.8 Å². The Kier molecular flexibility index (Phi) is 6.72. The lowest BCUT2D eigenvalue weighted by Crippen LogP contribution is -2.19. The van der Waals surface area contributed by atoms with Crippen LogP contribution in [0.5, 0.6) is 0 Å². The smallest absolute Gasteiger partial charge is 0.130 e. The third kappa shape index (κ3) is 5.04. The maximum absolute atomic E-state index is 5.91. The van der Waals surface area contributed by atoms with E-state index in [1.165, 1.54) is 0 Å². The van der Waals surface area contributed by atoms with E-state index in [0.717, 1.165) is 37.3 Å². The topological polar surface area (TPSA) is 60.2 Å². The number of nitrogen functional groups attached to an aromatic ring is 1. The summed E-state index contributed by atoms with van der Waals surface area (Å²) in [5, 5.41) is 3.88. The first-order valence-electron chi connectivity index (χ1n) is 5.93. The van der Waals surface area contributed by atoms with Crippen LogP contribution >= 0.6 is 11.6 Å². The van der Waals surface area contributed by atoms with Gasteiger partial charge >= 0.3 is 0 Å². The third-order valence-electron chi connectivity index (χ3n) is 2.56. The lowest BCUT2D eigenvalue weighted by atomic mass is 10.1. The summed E-state index contributed by atoms with van der Waals surface area (Å²) in [7, 11) is 1.70. The molecule has 18 heavy (non-hydrogen) atoms. The van der Waals surface area contributed by atoms with Crippen molar-refractivity contribution in [1.29, 1.82) is 0 Å². The first kappa shape index (κ1) is 15.0. The van der Waals surface area contributed by atoms with Crippen LogP contribution in [0.1, 0.15) is 18.9 Å².